The summed E-state index contributed by atoms with van der Waals surface area (Å²) in [6.07, 6.45) is 7.02. The van der Waals surface area contributed by atoms with Gasteiger partial charge < -0.3 is 23.8 Å². The third-order valence-corrected chi connectivity index (χ3v) is 14.2. The monoisotopic (exact) mass is 755 g/mol. The molecular formula is C41H58ClN3O6S. The Bertz CT molecular complexity index is 1570. The van der Waals surface area contributed by atoms with E-state index in [2.05, 4.69) is 47.4 Å². The minimum atomic E-state index is -1.48. The van der Waals surface area contributed by atoms with Gasteiger partial charge in [0.2, 0.25) is 0 Å². The highest BCUT2D eigenvalue weighted by Crippen LogP contribution is 2.44. The van der Waals surface area contributed by atoms with E-state index in [-0.39, 0.29) is 29.3 Å². The predicted octanol–water partition coefficient (Wildman–Crippen LogP) is 6.98. The van der Waals surface area contributed by atoms with Crippen molar-refractivity contribution in [3.8, 4) is 5.75 Å². The third-order valence-electron chi connectivity index (χ3n) is 12.5. The average molecular weight is 756 g/mol. The number of fused-ring (bicyclic) bond motifs is 1. The van der Waals surface area contributed by atoms with Crippen LogP contribution >= 0.6 is 11.6 Å². The van der Waals surface area contributed by atoms with Crippen LogP contribution in [-0.4, -0.2) is 91.8 Å². The minimum absolute atomic E-state index is 0.129. The largest absolute Gasteiger partial charge is 0.491 e. The topological polar surface area (TPSA) is 89.6 Å². The lowest BCUT2D eigenvalue weighted by molar-refractivity contribution is -0.252. The van der Waals surface area contributed by atoms with Crippen LogP contribution in [0.4, 0.5) is 5.69 Å². The molecule has 9 nitrogen and oxygen atoms in total. The number of halogens is 1. The van der Waals surface area contributed by atoms with Crippen molar-refractivity contribution in [2.45, 2.75) is 96.1 Å². The van der Waals surface area contributed by atoms with Gasteiger partial charge in [0.1, 0.15) is 16.7 Å². The van der Waals surface area contributed by atoms with Gasteiger partial charge in [0.05, 0.1) is 50.0 Å². The van der Waals surface area contributed by atoms with Crippen LogP contribution in [0.3, 0.4) is 0 Å². The molecule has 0 radical (unpaired) electrons. The molecule has 0 aromatic heterocycles. The van der Waals surface area contributed by atoms with E-state index >= 15 is 0 Å². The molecule has 11 heteroatoms. The summed E-state index contributed by atoms with van der Waals surface area (Å²) >= 11 is 6.48. The molecule has 2 aromatic carbocycles. The highest BCUT2D eigenvalue weighted by atomic mass is 35.5. The standard InChI is InChI=1S/C41H58ClN3O6S/c1-5-7-27(3)28(4)52(47)43-40(46)31-11-14-38-37(16-31)44(19-33(20-49-38)36-13-12-34(42)15-30(36)8-6-2)18-32-10-9-29(32)17-39-50-21-35(22-51-39)45-23-41(24-45)25-48-26-41/h11-16,27-29,32-33,35,39H,5-10,17-26H2,1-4H3,(H,43,46). The molecule has 0 bridgehead atoms. The first-order chi connectivity index (χ1) is 25.1. The summed E-state index contributed by atoms with van der Waals surface area (Å²) in [5, 5.41) is 0.622. The quantitative estimate of drug-likeness (QED) is 0.221. The van der Waals surface area contributed by atoms with Gasteiger partial charge in [-0.3, -0.25) is 14.4 Å². The number of benzene rings is 2. The van der Waals surface area contributed by atoms with Gasteiger partial charge in [-0.1, -0.05) is 51.3 Å². The number of carbonyl (C=O) groups is 1. The van der Waals surface area contributed by atoms with Crippen LogP contribution in [0.1, 0.15) is 93.6 Å². The predicted molar refractivity (Wildman–Crippen MR) is 207 cm³/mol. The van der Waals surface area contributed by atoms with Crippen LogP contribution < -0.4 is 14.4 Å². The lowest BCUT2D eigenvalue weighted by Gasteiger charge is -2.58. The van der Waals surface area contributed by atoms with Crippen LogP contribution in [0.5, 0.6) is 5.75 Å². The Labute approximate surface area is 318 Å². The maximum absolute atomic E-state index is 13.5. The summed E-state index contributed by atoms with van der Waals surface area (Å²) in [5.74, 6) is 1.81. The van der Waals surface area contributed by atoms with Gasteiger partial charge >= 0.3 is 0 Å². The smallest absolute Gasteiger partial charge is 0.263 e. The molecule has 52 heavy (non-hydrogen) atoms. The van der Waals surface area contributed by atoms with Crippen LogP contribution in [0, 0.1) is 23.2 Å². The zero-order valence-corrected chi connectivity index (χ0v) is 33.0. The minimum Gasteiger partial charge on any atom is -0.491 e. The van der Waals surface area contributed by atoms with E-state index in [9.17, 15) is 9.00 Å². The summed E-state index contributed by atoms with van der Waals surface area (Å²) < 4.78 is 40.6. The fourth-order valence-corrected chi connectivity index (χ4v) is 10.1. The average Bonchev–Trinajstić information content (AvgIpc) is 3.27. The van der Waals surface area contributed by atoms with Crippen LogP contribution in [-0.2, 0) is 31.6 Å². The van der Waals surface area contributed by atoms with Crippen LogP contribution in [0.15, 0.2) is 36.4 Å². The Morgan fingerprint density at radius 1 is 1.02 bits per heavy atom. The van der Waals surface area contributed by atoms with Gasteiger partial charge in [0, 0.05) is 54.5 Å². The molecule has 5 aliphatic rings. The molecular weight excluding hydrogens is 698 g/mol. The lowest BCUT2D eigenvalue weighted by Crippen LogP contribution is -2.69. The number of hydrogen-bond acceptors (Lipinski definition) is 8. The van der Waals surface area contributed by atoms with E-state index in [0.29, 0.717) is 35.5 Å². The van der Waals surface area contributed by atoms with Crippen molar-refractivity contribution in [1.29, 1.82) is 0 Å². The van der Waals surface area contributed by atoms with Crippen molar-refractivity contribution in [1.82, 2.24) is 9.62 Å². The molecule has 2 aromatic rings. The molecule has 3 saturated heterocycles. The first-order valence-corrected chi connectivity index (χ1v) is 21.3. The Hall–Kier alpha value is -2.21. The molecule has 4 aliphatic heterocycles. The van der Waals surface area contributed by atoms with E-state index in [1.54, 1.807) is 6.07 Å². The molecule has 1 amide bonds. The number of ether oxygens (including phenoxy) is 4. The zero-order chi connectivity index (χ0) is 36.4. The van der Waals surface area contributed by atoms with E-state index in [4.69, 9.17) is 30.5 Å². The number of carbonyl (C=O) groups excluding carboxylic acids is 1. The molecule has 1 N–H and O–H groups in total. The van der Waals surface area contributed by atoms with Gasteiger partial charge in [-0.15, -0.1) is 0 Å². The number of rotatable bonds is 14. The Kier molecular flexibility index (Phi) is 12.2. The Balaban J connectivity index is 1.05. The second kappa shape index (κ2) is 16.7. The van der Waals surface area contributed by atoms with Gasteiger partial charge in [-0.2, -0.15) is 0 Å². The summed E-state index contributed by atoms with van der Waals surface area (Å²) in [4.78, 5) is 18.5. The summed E-state index contributed by atoms with van der Waals surface area (Å²) in [6.45, 7) is 16.0. The van der Waals surface area contributed by atoms with Crippen molar-refractivity contribution >= 4 is 34.2 Å². The first-order valence-electron chi connectivity index (χ1n) is 19.7. The van der Waals surface area contributed by atoms with Crippen molar-refractivity contribution in [2.75, 3.05) is 64.1 Å². The van der Waals surface area contributed by atoms with Crippen molar-refractivity contribution in [3.63, 3.8) is 0 Å². The summed E-state index contributed by atoms with van der Waals surface area (Å²) in [7, 11) is -1.48. The van der Waals surface area contributed by atoms with Crippen molar-refractivity contribution in [2.24, 2.45) is 23.2 Å². The highest BCUT2D eigenvalue weighted by Gasteiger charge is 2.51. The van der Waals surface area contributed by atoms with E-state index in [1.807, 2.05) is 25.1 Å². The lowest BCUT2D eigenvalue weighted by atomic mass is 9.71. The molecule has 1 spiro atoms. The van der Waals surface area contributed by atoms with Crippen LogP contribution in [0.2, 0.25) is 5.02 Å². The molecule has 6 atom stereocenters. The summed E-state index contributed by atoms with van der Waals surface area (Å²) in [6, 6.07) is 12.2. The zero-order valence-electron chi connectivity index (χ0n) is 31.4. The number of aryl methyl sites for hydroxylation is 1. The highest BCUT2D eigenvalue weighted by molar-refractivity contribution is 7.84. The third kappa shape index (κ3) is 8.37. The first kappa shape index (κ1) is 38.1. The van der Waals surface area contributed by atoms with Gasteiger partial charge in [-0.05, 0) is 91.8 Å². The van der Waals surface area contributed by atoms with Crippen molar-refractivity contribution < 1.29 is 28.0 Å². The molecule has 1 saturated carbocycles. The van der Waals surface area contributed by atoms with Gasteiger partial charge in [0.25, 0.3) is 5.91 Å². The Morgan fingerprint density at radius 3 is 2.46 bits per heavy atom. The van der Waals surface area contributed by atoms with Crippen molar-refractivity contribution in [3.05, 3.63) is 58.1 Å². The molecule has 7 rings (SSSR count). The molecule has 4 fully saturated rings. The maximum Gasteiger partial charge on any atom is 0.263 e. The number of amides is 1. The second-order valence-electron chi connectivity index (χ2n) is 16.4. The molecule has 6 unspecified atom stereocenters. The van der Waals surface area contributed by atoms with E-state index in [1.165, 1.54) is 11.1 Å². The number of hydrogen-bond donors (Lipinski definition) is 1. The normalized spacial score (nSPS) is 28.6. The molecule has 1 aliphatic carbocycles. The number of nitrogens with one attached hydrogen (secondary N) is 1. The SMILES string of the molecule is CCCc1cc(Cl)ccc1C1COc2ccc(C(=O)NS(=O)C(C)C(C)CCC)cc2N(CC2CCC2CC2OCC(N3CC4(COC4)C3)CO2)C1. The summed E-state index contributed by atoms with van der Waals surface area (Å²) in [5.41, 5.74) is 4.35. The number of anilines is 1. The van der Waals surface area contributed by atoms with Crippen LogP contribution in [0.25, 0.3) is 0 Å². The maximum atomic E-state index is 13.5. The van der Waals surface area contributed by atoms with Gasteiger partial charge in [0.15, 0.2) is 6.29 Å². The molecule has 4 heterocycles. The van der Waals surface area contributed by atoms with Gasteiger partial charge in [-0.25, -0.2) is 4.21 Å². The fraction of sp³-hybridized carbons (Fsp3) is 0.683. The fourth-order valence-electron chi connectivity index (χ4n) is 8.84. The second-order valence-corrected chi connectivity index (χ2v) is 18.3. The van der Waals surface area contributed by atoms with E-state index in [0.717, 1.165) is 114 Å². The number of likely N-dealkylation sites (tertiary alicyclic amines) is 1. The Morgan fingerprint density at radius 2 is 1.79 bits per heavy atom. The molecule has 286 valence electrons. The van der Waals surface area contributed by atoms with E-state index < -0.39 is 11.0 Å². The number of nitrogens with zero attached hydrogens (tertiary/aromatic N) is 2.